The van der Waals surface area contributed by atoms with Crippen LogP contribution in [0.25, 0.3) is 0 Å². The monoisotopic (exact) mass is 307 g/mol. The Morgan fingerprint density at radius 2 is 2.05 bits per heavy atom. The van der Waals surface area contributed by atoms with Crippen LogP contribution in [0.4, 0.5) is 0 Å². The number of ether oxygens (including phenoxy) is 1. The van der Waals surface area contributed by atoms with Crippen molar-refractivity contribution in [3.63, 3.8) is 0 Å². The van der Waals surface area contributed by atoms with Crippen molar-refractivity contribution in [2.45, 2.75) is 57.2 Å². The third-order valence-corrected chi connectivity index (χ3v) is 5.63. The van der Waals surface area contributed by atoms with Crippen LogP contribution in [0.3, 0.4) is 0 Å². The third kappa shape index (κ3) is 5.55. The second kappa shape index (κ2) is 8.70. The van der Waals surface area contributed by atoms with Gasteiger partial charge in [0, 0.05) is 17.0 Å². The van der Waals surface area contributed by atoms with E-state index in [1.54, 1.807) is 0 Å². The molecule has 1 aliphatic rings. The summed E-state index contributed by atoms with van der Waals surface area (Å²) in [6, 6.07) is 8.43. The summed E-state index contributed by atoms with van der Waals surface area (Å²) in [5.41, 5.74) is 7.55. The van der Waals surface area contributed by atoms with Crippen molar-refractivity contribution < 1.29 is 4.74 Å². The number of hydrogen-bond donors (Lipinski definition) is 1. The Labute approximate surface area is 133 Å². The second-order valence-electron chi connectivity index (χ2n) is 6.25. The molecule has 1 aromatic carbocycles. The Hall–Kier alpha value is -0.670. The van der Waals surface area contributed by atoms with Crippen LogP contribution >= 0.6 is 11.8 Å². The highest BCUT2D eigenvalue weighted by molar-refractivity contribution is 7.99. The molecule has 118 valence electrons. The zero-order chi connectivity index (χ0) is 15.1. The predicted molar refractivity (Wildman–Crippen MR) is 93.0 cm³/mol. The number of thioether (sulfide) groups is 1. The molecule has 1 aromatic rings. The molecular weight excluding hydrogens is 278 g/mol. The summed E-state index contributed by atoms with van der Waals surface area (Å²) in [6.07, 6.45) is 6.56. The minimum absolute atomic E-state index is 0.132. The summed E-state index contributed by atoms with van der Waals surface area (Å²) in [4.78, 5) is 0. The van der Waals surface area contributed by atoms with E-state index in [0.717, 1.165) is 35.7 Å². The molecule has 1 fully saturated rings. The molecule has 0 bridgehead atoms. The highest BCUT2D eigenvalue weighted by Gasteiger charge is 2.20. The van der Waals surface area contributed by atoms with E-state index in [-0.39, 0.29) is 6.04 Å². The molecule has 21 heavy (non-hydrogen) atoms. The van der Waals surface area contributed by atoms with Crippen LogP contribution in [0.5, 0.6) is 5.75 Å². The maximum absolute atomic E-state index is 6.34. The Balaban J connectivity index is 1.78. The van der Waals surface area contributed by atoms with Crippen LogP contribution in [0, 0.1) is 5.92 Å². The number of nitrogens with two attached hydrogens (primary N) is 1. The van der Waals surface area contributed by atoms with Crippen LogP contribution < -0.4 is 10.5 Å². The smallest absolute Gasteiger partial charge is 0.119 e. The summed E-state index contributed by atoms with van der Waals surface area (Å²) >= 11 is 2.07. The lowest BCUT2D eigenvalue weighted by Crippen LogP contribution is -2.19. The van der Waals surface area contributed by atoms with Gasteiger partial charge in [-0.25, -0.2) is 0 Å². The topological polar surface area (TPSA) is 35.2 Å². The van der Waals surface area contributed by atoms with E-state index in [1.807, 2.05) is 12.1 Å². The lowest BCUT2D eigenvalue weighted by atomic mass is 9.91. The Bertz CT molecular complexity index is 406. The molecule has 3 atom stereocenters. The van der Waals surface area contributed by atoms with Crippen molar-refractivity contribution in [1.82, 2.24) is 0 Å². The highest BCUT2D eigenvalue weighted by Crippen LogP contribution is 2.33. The summed E-state index contributed by atoms with van der Waals surface area (Å²) in [6.45, 7) is 5.27. The van der Waals surface area contributed by atoms with Gasteiger partial charge in [-0.3, -0.25) is 0 Å². The van der Waals surface area contributed by atoms with Crippen molar-refractivity contribution in [3.8, 4) is 5.75 Å². The zero-order valence-corrected chi connectivity index (χ0v) is 14.2. The van der Waals surface area contributed by atoms with Crippen LogP contribution in [0.1, 0.15) is 57.6 Å². The van der Waals surface area contributed by atoms with Gasteiger partial charge in [0.05, 0.1) is 6.61 Å². The molecular formula is C18H29NOS. The van der Waals surface area contributed by atoms with Crippen molar-refractivity contribution in [3.05, 3.63) is 29.8 Å². The van der Waals surface area contributed by atoms with Gasteiger partial charge in [0.2, 0.25) is 0 Å². The zero-order valence-electron chi connectivity index (χ0n) is 13.4. The van der Waals surface area contributed by atoms with E-state index in [4.69, 9.17) is 10.5 Å². The van der Waals surface area contributed by atoms with Gasteiger partial charge in [-0.1, -0.05) is 38.8 Å². The molecule has 2 N–H and O–H groups in total. The normalized spacial score (nSPS) is 23.8. The predicted octanol–water partition coefficient (Wildman–Crippen LogP) is 4.79. The first-order valence-corrected chi connectivity index (χ1v) is 9.34. The molecule has 3 heteroatoms. The first kappa shape index (κ1) is 16.7. The minimum atomic E-state index is 0.132. The van der Waals surface area contributed by atoms with Gasteiger partial charge in [0.1, 0.15) is 5.75 Å². The van der Waals surface area contributed by atoms with Gasteiger partial charge < -0.3 is 10.5 Å². The Morgan fingerprint density at radius 1 is 1.29 bits per heavy atom. The fraction of sp³-hybridized carbons (Fsp3) is 0.667. The number of benzene rings is 1. The summed E-state index contributed by atoms with van der Waals surface area (Å²) < 4.78 is 5.61. The molecule has 0 aromatic heterocycles. The lowest BCUT2D eigenvalue weighted by Gasteiger charge is -2.27. The fourth-order valence-corrected chi connectivity index (χ4v) is 4.37. The molecule has 0 heterocycles. The van der Waals surface area contributed by atoms with E-state index in [2.05, 4.69) is 37.7 Å². The molecule has 0 radical (unpaired) electrons. The SMILES string of the molecule is CCCOc1ccc(C(N)CSC2CCCC(C)C2)cc1. The summed E-state index contributed by atoms with van der Waals surface area (Å²) in [7, 11) is 0. The fourth-order valence-electron chi connectivity index (χ4n) is 2.90. The molecule has 2 nitrogen and oxygen atoms in total. The van der Waals surface area contributed by atoms with E-state index in [0.29, 0.717) is 0 Å². The maximum atomic E-state index is 6.34. The van der Waals surface area contributed by atoms with Gasteiger partial charge in [0.15, 0.2) is 0 Å². The van der Waals surface area contributed by atoms with Crippen molar-refractivity contribution in [1.29, 1.82) is 0 Å². The van der Waals surface area contributed by atoms with Gasteiger partial charge in [-0.2, -0.15) is 11.8 Å². The molecule has 1 saturated carbocycles. The van der Waals surface area contributed by atoms with Crippen LogP contribution in [0.15, 0.2) is 24.3 Å². The van der Waals surface area contributed by atoms with E-state index in [1.165, 1.54) is 31.2 Å². The molecule has 2 rings (SSSR count). The number of hydrogen-bond acceptors (Lipinski definition) is 3. The minimum Gasteiger partial charge on any atom is -0.494 e. The largest absolute Gasteiger partial charge is 0.494 e. The van der Waals surface area contributed by atoms with Gasteiger partial charge in [-0.05, 0) is 42.9 Å². The van der Waals surface area contributed by atoms with Gasteiger partial charge >= 0.3 is 0 Å². The average Bonchev–Trinajstić information content (AvgIpc) is 2.51. The average molecular weight is 308 g/mol. The van der Waals surface area contributed by atoms with Crippen LogP contribution in [-0.2, 0) is 0 Å². The second-order valence-corrected chi connectivity index (χ2v) is 7.58. The molecule has 0 amide bonds. The maximum Gasteiger partial charge on any atom is 0.119 e. The van der Waals surface area contributed by atoms with Crippen LogP contribution in [-0.4, -0.2) is 17.6 Å². The van der Waals surface area contributed by atoms with Crippen molar-refractivity contribution >= 4 is 11.8 Å². The first-order valence-electron chi connectivity index (χ1n) is 8.29. The number of rotatable bonds is 7. The molecule has 0 aliphatic heterocycles. The molecule has 3 unspecified atom stereocenters. The van der Waals surface area contributed by atoms with E-state index in [9.17, 15) is 0 Å². The first-order chi connectivity index (χ1) is 10.2. The molecule has 0 saturated heterocycles. The van der Waals surface area contributed by atoms with Gasteiger partial charge in [0.25, 0.3) is 0 Å². The molecule has 1 aliphatic carbocycles. The van der Waals surface area contributed by atoms with Gasteiger partial charge in [-0.15, -0.1) is 0 Å². The highest BCUT2D eigenvalue weighted by atomic mass is 32.2. The standard InChI is InChI=1S/C18H29NOS/c1-3-11-20-16-9-7-15(8-10-16)18(19)13-21-17-6-4-5-14(2)12-17/h7-10,14,17-18H,3-6,11-13,19H2,1-2H3. The molecule has 0 spiro atoms. The summed E-state index contributed by atoms with van der Waals surface area (Å²) in [5, 5.41) is 0.812. The Kier molecular flexibility index (Phi) is 6.91. The lowest BCUT2D eigenvalue weighted by molar-refractivity contribution is 0.317. The Morgan fingerprint density at radius 3 is 2.71 bits per heavy atom. The third-order valence-electron chi connectivity index (χ3n) is 4.18. The summed E-state index contributed by atoms with van der Waals surface area (Å²) in [5.74, 6) is 2.86. The van der Waals surface area contributed by atoms with E-state index < -0.39 is 0 Å². The quantitative estimate of drug-likeness (QED) is 0.787. The van der Waals surface area contributed by atoms with Crippen LogP contribution in [0.2, 0.25) is 0 Å². The van der Waals surface area contributed by atoms with Crippen molar-refractivity contribution in [2.24, 2.45) is 11.7 Å². The van der Waals surface area contributed by atoms with E-state index >= 15 is 0 Å². The van der Waals surface area contributed by atoms with Crippen molar-refractivity contribution in [2.75, 3.05) is 12.4 Å².